The van der Waals surface area contributed by atoms with Crippen molar-refractivity contribution in [1.29, 1.82) is 0 Å². The Morgan fingerprint density at radius 2 is 2.05 bits per heavy atom. The summed E-state index contributed by atoms with van der Waals surface area (Å²) in [5.74, 6) is 3.10. The summed E-state index contributed by atoms with van der Waals surface area (Å²) in [6.07, 6.45) is 8.86. The second-order valence-corrected chi connectivity index (χ2v) is 9.43. The average molecular weight is 371 g/mol. The van der Waals surface area contributed by atoms with Crippen LogP contribution in [0, 0.1) is 29.1 Å². The molecular weight excluding hydrogens is 336 g/mol. The van der Waals surface area contributed by atoms with Crippen LogP contribution in [0.15, 0.2) is 10.6 Å². The van der Waals surface area contributed by atoms with Gasteiger partial charge in [0, 0.05) is 0 Å². The molecule has 128 valence electrons. The highest BCUT2D eigenvalue weighted by Gasteiger charge is 2.51. The Labute approximate surface area is 146 Å². The summed E-state index contributed by atoms with van der Waals surface area (Å²) >= 11 is 3.61. The van der Waals surface area contributed by atoms with Gasteiger partial charge < -0.3 is 5.11 Å². The third kappa shape index (κ3) is 3.80. The normalized spacial score (nSPS) is 37.1. The van der Waals surface area contributed by atoms with Crippen molar-refractivity contribution in [3.8, 4) is 0 Å². The molecule has 2 aliphatic carbocycles. The van der Waals surface area contributed by atoms with Crippen LogP contribution >= 0.6 is 15.9 Å². The van der Waals surface area contributed by atoms with Crippen molar-refractivity contribution in [3.63, 3.8) is 0 Å². The summed E-state index contributed by atoms with van der Waals surface area (Å²) in [6, 6.07) is 0. The molecule has 0 aromatic carbocycles. The van der Waals surface area contributed by atoms with Gasteiger partial charge >= 0.3 is 0 Å². The maximum atomic E-state index is 10.0. The minimum Gasteiger partial charge on any atom is -0.390 e. The van der Waals surface area contributed by atoms with E-state index < -0.39 is 5.60 Å². The van der Waals surface area contributed by atoms with Gasteiger partial charge in [0.05, 0.1) is 5.60 Å². The SMILES string of the molecule is C[C@H](CCC(C)(C)O)[C@H](C)C1CCC2/C(=C/Br)CCC[C@@]21C. The Morgan fingerprint density at radius 3 is 2.64 bits per heavy atom. The fraction of sp³-hybridized carbons (Fsp3) is 0.900. The first-order valence-electron chi connectivity index (χ1n) is 9.20. The second kappa shape index (κ2) is 6.97. The smallest absolute Gasteiger partial charge is 0.0591 e. The Kier molecular flexibility index (Phi) is 5.87. The molecule has 0 spiro atoms. The van der Waals surface area contributed by atoms with Gasteiger partial charge in [-0.1, -0.05) is 42.3 Å². The Balaban J connectivity index is 2.05. The van der Waals surface area contributed by atoms with Gasteiger partial charge in [-0.25, -0.2) is 0 Å². The quantitative estimate of drug-likeness (QED) is 0.601. The molecule has 2 saturated carbocycles. The zero-order valence-electron chi connectivity index (χ0n) is 15.2. The molecule has 2 aliphatic rings. The largest absolute Gasteiger partial charge is 0.390 e. The van der Waals surface area contributed by atoms with Crippen LogP contribution < -0.4 is 0 Å². The van der Waals surface area contributed by atoms with Gasteiger partial charge in [0.1, 0.15) is 0 Å². The Hall–Kier alpha value is 0.180. The topological polar surface area (TPSA) is 20.2 Å². The molecule has 22 heavy (non-hydrogen) atoms. The van der Waals surface area contributed by atoms with Crippen molar-refractivity contribution in [1.82, 2.24) is 0 Å². The third-order valence-corrected chi connectivity index (χ3v) is 7.51. The molecule has 1 N–H and O–H groups in total. The van der Waals surface area contributed by atoms with Crippen LogP contribution in [0.4, 0.5) is 0 Å². The van der Waals surface area contributed by atoms with Crippen molar-refractivity contribution in [2.24, 2.45) is 29.1 Å². The van der Waals surface area contributed by atoms with Gasteiger partial charge in [-0.2, -0.15) is 0 Å². The first kappa shape index (κ1) is 18.5. The fourth-order valence-electron chi connectivity index (χ4n) is 5.31. The number of hydrogen-bond acceptors (Lipinski definition) is 1. The Bertz CT molecular complexity index is 408. The van der Waals surface area contributed by atoms with E-state index in [-0.39, 0.29) is 0 Å². The fourth-order valence-corrected chi connectivity index (χ4v) is 5.86. The van der Waals surface area contributed by atoms with E-state index in [4.69, 9.17) is 0 Å². The molecule has 0 aromatic heterocycles. The number of aliphatic hydroxyl groups is 1. The van der Waals surface area contributed by atoms with E-state index >= 15 is 0 Å². The molecule has 0 radical (unpaired) electrons. The lowest BCUT2D eigenvalue weighted by Gasteiger charge is -2.45. The van der Waals surface area contributed by atoms with Crippen LogP contribution in [0.3, 0.4) is 0 Å². The summed E-state index contributed by atoms with van der Waals surface area (Å²) in [5, 5.41) is 10.0. The van der Waals surface area contributed by atoms with Crippen LogP contribution in [-0.4, -0.2) is 10.7 Å². The highest BCUT2D eigenvalue weighted by atomic mass is 79.9. The van der Waals surface area contributed by atoms with Crippen LogP contribution in [0.25, 0.3) is 0 Å². The summed E-state index contributed by atoms with van der Waals surface area (Å²) in [4.78, 5) is 2.22. The van der Waals surface area contributed by atoms with E-state index in [1.165, 1.54) is 32.1 Å². The van der Waals surface area contributed by atoms with Gasteiger partial charge in [-0.05, 0) is 92.9 Å². The van der Waals surface area contributed by atoms with E-state index in [9.17, 15) is 5.11 Å². The minimum absolute atomic E-state index is 0.500. The number of allylic oxidation sites excluding steroid dienone is 1. The van der Waals surface area contributed by atoms with Crippen LogP contribution in [0.1, 0.15) is 79.6 Å². The van der Waals surface area contributed by atoms with Crippen molar-refractivity contribution in [2.45, 2.75) is 85.2 Å². The maximum absolute atomic E-state index is 10.0. The standard InChI is InChI=1S/C20H35BrO/c1-14(10-12-19(3,4)22)15(2)17-8-9-18-16(13-21)7-6-11-20(17,18)5/h13-15,17-18,22H,6-12H2,1-5H3/b16-13+/t14-,15+,17?,18?,20-/m1/s1. The molecule has 0 saturated heterocycles. The molecule has 0 aliphatic heterocycles. The zero-order valence-corrected chi connectivity index (χ0v) is 16.7. The lowest BCUT2D eigenvalue weighted by molar-refractivity contribution is 0.0448. The molecule has 2 fully saturated rings. The molecule has 0 aromatic rings. The Morgan fingerprint density at radius 1 is 1.36 bits per heavy atom. The lowest BCUT2D eigenvalue weighted by atomic mass is 9.60. The summed E-state index contributed by atoms with van der Waals surface area (Å²) in [5.41, 5.74) is 1.64. The molecule has 1 nitrogen and oxygen atoms in total. The summed E-state index contributed by atoms with van der Waals surface area (Å²) < 4.78 is 0. The van der Waals surface area contributed by atoms with Gasteiger partial charge in [0.25, 0.3) is 0 Å². The van der Waals surface area contributed by atoms with Crippen molar-refractivity contribution < 1.29 is 5.11 Å². The van der Waals surface area contributed by atoms with Gasteiger partial charge in [0.15, 0.2) is 0 Å². The van der Waals surface area contributed by atoms with Crippen LogP contribution in [0.5, 0.6) is 0 Å². The first-order valence-corrected chi connectivity index (χ1v) is 10.1. The maximum Gasteiger partial charge on any atom is 0.0591 e. The zero-order chi connectivity index (χ0) is 16.5. The number of hydrogen-bond donors (Lipinski definition) is 1. The molecule has 2 rings (SSSR count). The molecule has 2 unspecified atom stereocenters. The van der Waals surface area contributed by atoms with E-state index in [0.29, 0.717) is 11.3 Å². The highest BCUT2D eigenvalue weighted by Crippen LogP contribution is 2.60. The number of halogens is 1. The molecule has 2 heteroatoms. The molecule has 5 atom stereocenters. The van der Waals surface area contributed by atoms with Crippen molar-refractivity contribution >= 4 is 15.9 Å². The van der Waals surface area contributed by atoms with Gasteiger partial charge in [0.2, 0.25) is 0 Å². The highest BCUT2D eigenvalue weighted by molar-refractivity contribution is 9.11. The monoisotopic (exact) mass is 370 g/mol. The summed E-state index contributed by atoms with van der Waals surface area (Å²) in [6.45, 7) is 11.3. The molecule has 0 heterocycles. The third-order valence-electron chi connectivity index (χ3n) is 6.92. The van der Waals surface area contributed by atoms with E-state index in [1.54, 1.807) is 5.57 Å². The molecular formula is C20H35BrO. The second-order valence-electron chi connectivity index (χ2n) is 8.97. The molecule has 0 bridgehead atoms. The van der Waals surface area contributed by atoms with Crippen molar-refractivity contribution in [3.05, 3.63) is 10.6 Å². The lowest BCUT2D eigenvalue weighted by Crippen LogP contribution is -2.37. The predicted octanol–water partition coefficient (Wildman–Crippen LogP) is 6.30. The van der Waals surface area contributed by atoms with Gasteiger partial charge in [-0.3, -0.25) is 0 Å². The average Bonchev–Trinajstić information content (AvgIpc) is 2.79. The predicted molar refractivity (Wildman–Crippen MR) is 99.0 cm³/mol. The van der Waals surface area contributed by atoms with Crippen molar-refractivity contribution in [2.75, 3.05) is 0 Å². The van der Waals surface area contributed by atoms with E-state index in [2.05, 4.69) is 41.7 Å². The number of rotatable bonds is 5. The first-order chi connectivity index (χ1) is 10.2. The summed E-state index contributed by atoms with van der Waals surface area (Å²) in [7, 11) is 0. The minimum atomic E-state index is -0.521. The van der Waals surface area contributed by atoms with E-state index in [0.717, 1.165) is 30.6 Å². The number of fused-ring (bicyclic) bond motifs is 1. The van der Waals surface area contributed by atoms with Crippen LogP contribution in [0.2, 0.25) is 0 Å². The van der Waals surface area contributed by atoms with Gasteiger partial charge in [-0.15, -0.1) is 0 Å². The van der Waals surface area contributed by atoms with Crippen LogP contribution in [-0.2, 0) is 0 Å². The van der Waals surface area contributed by atoms with E-state index in [1.807, 2.05) is 13.8 Å². The molecule has 0 amide bonds.